The molecule has 0 bridgehead atoms. The molecule has 3 rings (SSSR count). The van der Waals surface area contributed by atoms with Crippen LogP contribution in [0.1, 0.15) is 5.56 Å². The van der Waals surface area contributed by atoms with Crippen molar-refractivity contribution in [3.8, 4) is 11.3 Å². The molecule has 4 nitrogen and oxygen atoms in total. The van der Waals surface area contributed by atoms with Crippen LogP contribution in [0, 0.1) is 6.92 Å². The lowest BCUT2D eigenvalue weighted by molar-refractivity contribution is 0.768. The lowest BCUT2D eigenvalue weighted by atomic mass is 10.3. The van der Waals surface area contributed by atoms with E-state index in [1.54, 1.807) is 4.68 Å². The van der Waals surface area contributed by atoms with Gasteiger partial charge in [0.05, 0.1) is 11.9 Å². The molecule has 0 aromatic carbocycles. The van der Waals surface area contributed by atoms with Crippen molar-refractivity contribution in [2.75, 3.05) is 0 Å². The molecule has 3 aromatic rings. The molecule has 0 radical (unpaired) electrons. The monoisotopic (exact) mass is 212 g/mol. The zero-order valence-electron chi connectivity index (χ0n) is 9.25. The van der Waals surface area contributed by atoms with Crippen LogP contribution in [0.5, 0.6) is 0 Å². The van der Waals surface area contributed by atoms with E-state index in [1.165, 1.54) is 5.56 Å². The fourth-order valence-electron chi connectivity index (χ4n) is 1.80. The van der Waals surface area contributed by atoms with Crippen LogP contribution in [-0.2, 0) is 7.05 Å². The second-order valence-corrected chi connectivity index (χ2v) is 4.00. The van der Waals surface area contributed by atoms with Gasteiger partial charge in [0, 0.05) is 31.2 Å². The van der Waals surface area contributed by atoms with Crippen LogP contribution in [0.2, 0.25) is 0 Å². The highest BCUT2D eigenvalue weighted by atomic mass is 15.2. The second kappa shape index (κ2) is 3.20. The molecule has 0 aliphatic rings. The van der Waals surface area contributed by atoms with Crippen molar-refractivity contribution < 1.29 is 0 Å². The lowest BCUT2D eigenvalue weighted by Crippen LogP contribution is -1.84. The van der Waals surface area contributed by atoms with E-state index < -0.39 is 0 Å². The molecule has 0 saturated heterocycles. The number of rotatable bonds is 1. The number of aromatic nitrogens is 4. The number of imidazole rings is 1. The van der Waals surface area contributed by atoms with E-state index in [4.69, 9.17) is 0 Å². The highest BCUT2D eigenvalue weighted by Crippen LogP contribution is 2.18. The molecule has 0 aliphatic carbocycles. The van der Waals surface area contributed by atoms with E-state index in [0.29, 0.717) is 0 Å². The first-order chi connectivity index (χ1) is 7.72. The van der Waals surface area contributed by atoms with Crippen LogP contribution in [0.15, 0.2) is 36.9 Å². The van der Waals surface area contributed by atoms with Gasteiger partial charge in [-0.2, -0.15) is 5.10 Å². The standard InChI is InChI=1S/C12H12N4/c1-9-3-4-12-14-11(8-16(12)6-9)10-5-13-15(2)7-10/h3-8H,1-2H3. The first-order valence-corrected chi connectivity index (χ1v) is 5.17. The maximum absolute atomic E-state index is 4.55. The molecule has 3 aromatic heterocycles. The minimum Gasteiger partial charge on any atom is -0.306 e. The first kappa shape index (κ1) is 9.15. The Labute approximate surface area is 93.2 Å². The predicted octanol–water partition coefficient (Wildman–Crippen LogP) is 2.04. The van der Waals surface area contributed by atoms with Gasteiger partial charge in [-0.15, -0.1) is 0 Å². The molecule has 0 unspecified atom stereocenters. The van der Waals surface area contributed by atoms with Crippen molar-refractivity contribution in [2.24, 2.45) is 7.05 Å². The maximum Gasteiger partial charge on any atom is 0.137 e. The van der Waals surface area contributed by atoms with E-state index in [9.17, 15) is 0 Å². The first-order valence-electron chi connectivity index (χ1n) is 5.17. The zero-order chi connectivity index (χ0) is 11.1. The Morgan fingerprint density at radius 1 is 1.12 bits per heavy atom. The largest absolute Gasteiger partial charge is 0.306 e. The third-order valence-electron chi connectivity index (χ3n) is 2.60. The van der Waals surface area contributed by atoms with Gasteiger partial charge < -0.3 is 4.40 Å². The molecule has 0 saturated carbocycles. The molecule has 0 aliphatic heterocycles. The molecule has 0 N–H and O–H groups in total. The second-order valence-electron chi connectivity index (χ2n) is 4.00. The van der Waals surface area contributed by atoms with E-state index in [1.807, 2.05) is 36.1 Å². The van der Waals surface area contributed by atoms with Gasteiger partial charge in [-0.05, 0) is 18.6 Å². The van der Waals surface area contributed by atoms with Crippen molar-refractivity contribution in [2.45, 2.75) is 6.92 Å². The third kappa shape index (κ3) is 1.39. The van der Waals surface area contributed by atoms with Crippen LogP contribution >= 0.6 is 0 Å². The molecule has 3 heterocycles. The maximum atomic E-state index is 4.55. The molecule has 0 atom stereocenters. The fraction of sp³-hybridized carbons (Fsp3) is 0.167. The van der Waals surface area contributed by atoms with Crippen molar-refractivity contribution in [1.82, 2.24) is 19.2 Å². The van der Waals surface area contributed by atoms with Crippen molar-refractivity contribution >= 4 is 5.65 Å². The van der Waals surface area contributed by atoms with E-state index in [0.717, 1.165) is 16.9 Å². The summed E-state index contributed by atoms with van der Waals surface area (Å²) in [7, 11) is 1.91. The number of hydrogen-bond acceptors (Lipinski definition) is 2. The van der Waals surface area contributed by atoms with Crippen molar-refractivity contribution in [3.63, 3.8) is 0 Å². The molecular weight excluding hydrogens is 200 g/mol. The van der Waals surface area contributed by atoms with Gasteiger partial charge in [-0.1, -0.05) is 6.07 Å². The fourth-order valence-corrected chi connectivity index (χ4v) is 1.80. The normalized spacial score (nSPS) is 11.1. The average Bonchev–Trinajstić information content (AvgIpc) is 2.83. The molecule has 16 heavy (non-hydrogen) atoms. The summed E-state index contributed by atoms with van der Waals surface area (Å²) in [6, 6.07) is 4.09. The van der Waals surface area contributed by atoms with Crippen LogP contribution in [0.25, 0.3) is 16.9 Å². The predicted molar refractivity (Wildman–Crippen MR) is 62.1 cm³/mol. The summed E-state index contributed by atoms with van der Waals surface area (Å²) in [6.07, 6.45) is 7.89. The topological polar surface area (TPSA) is 35.1 Å². The quantitative estimate of drug-likeness (QED) is 0.618. The summed E-state index contributed by atoms with van der Waals surface area (Å²) >= 11 is 0. The summed E-state index contributed by atoms with van der Waals surface area (Å²) in [4.78, 5) is 4.55. The Morgan fingerprint density at radius 3 is 2.75 bits per heavy atom. The summed E-state index contributed by atoms with van der Waals surface area (Å²) in [5.41, 5.74) is 4.19. The number of pyridine rings is 1. The SMILES string of the molecule is Cc1ccc2nc(-c3cnn(C)c3)cn2c1. The van der Waals surface area contributed by atoms with Gasteiger partial charge in [0.2, 0.25) is 0 Å². The van der Waals surface area contributed by atoms with E-state index in [-0.39, 0.29) is 0 Å². The number of hydrogen-bond donors (Lipinski definition) is 0. The number of nitrogens with zero attached hydrogens (tertiary/aromatic N) is 4. The molecule has 80 valence electrons. The summed E-state index contributed by atoms with van der Waals surface area (Å²) in [6.45, 7) is 2.07. The van der Waals surface area contributed by atoms with Gasteiger partial charge in [0.15, 0.2) is 0 Å². The van der Waals surface area contributed by atoms with E-state index in [2.05, 4.69) is 29.3 Å². The average molecular weight is 212 g/mol. The third-order valence-corrected chi connectivity index (χ3v) is 2.60. The molecule has 0 fully saturated rings. The van der Waals surface area contributed by atoms with Crippen LogP contribution in [0.4, 0.5) is 0 Å². The minimum absolute atomic E-state index is 0.957. The molecule has 0 amide bonds. The highest BCUT2D eigenvalue weighted by Gasteiger charge is 2.05. The van der Waals surface area contributed by atoms with Crippen molar-refractivity contribution in [3.05, 3.63) is 42.5 Å². The number of aryl methyl sites for hydroxylation is 2. The van der Waals surface area contributed by atoms with Gasteiger partial charge in [0.1, 0.15) is 5.65 Å². The molecule has 4 heteroatoms. The van der Waals surface area contributed by atoms with Gasteiger partial charge in [0.25, 0.3) is 0 Å². The highest BCUT2D eigenvalue weighted by molar-refractivity contribution is 5.61. The van der Waals surface area contributed by atoms with Gasteiger partial charge >= 0.3 is 0 Å². The summed E-state index contributed by atoms with van der Waals surface area (Å²) in [5, 5.41) is 4.15. The Kier molecular flexibility index (Phi) is 1.83. The summed E-state index contributed by atoms with van der Waals surface area (Å²) < 4.78 is 3.82. The molecular formula is C12H12N4. The van der Waals surface area contributed by atoms with Crippen molar-refractivity contribution in [1.29, 1.82) is 0 Å². The minimum atomic E-state index is 0.957. The Bertz CT molecular complexity index is 648. The Hall–Kier alpha value is -2.10. The van der Waals surface area contributed by atoms with Gasteiger partial charge in [-0.25, -0.2) is 4.98 Å². The zero-order valence-corrected chi connectivity index (χ0v) is 9.25. The van der Waals surface area contributed by atoms with Crippen LogP contribution in [0.3, 0.4) is 0 Å². The Balaban J connectivity index is 2.18. The molecule has 0 spiro atoms. The van der Waals surface area contributed by atoms with E-state index >= 15 is 0 Å². The Morgan fingerprint density at radius 2 is 2.00 bits per heavy atom. The van der Waals surface area contributed by atoms with Gasteiger partial charge in [-0.3, -0.25) is 4.68 Å². The van der Waals surface area contributed by atoms with Crippen LogP contribution < -0.4 is 0 Å². The smallest absolute Gasteiger partial charge is 0.137 e. The number of fused-ring (bicyclic) bond motifs is 1. The lowest BCUT2D eigenvalue weighted by Gasteiger charge is -1.92. The summed E-state index contributed by atoms with van der Waals surface area (Å²) in [5.74, 6) is 0. The van der Waals surface area contributed by atoms with Crippen LogP contribution in [-0.4, -0.2) is 19.2 Å².